The van der Waals surface area contributed by atoms with Gasteiger partial charge in [-0.15, -0.1) is 11.8 Å². The van der Waals surface area contributed by atoms with E-state index in [-0.39, 0.29) is 0 Å². The molecule has 4 heteroatoms. The largest absolute Gasteiger partial charge is 0.306 e. The minimum atomic E-state index is 0.774. The number of thioether (sulfide) groups is 1. The van der Waals surface area contributed by atoms with Gasteiger partial charge in [0.25, 0.3) is 0 Å². The summed E-state index contributed by atoms with van der Waals surface area (Å²) in [5, 5.41) is 9.03. The van der Waals surface area contributed by atoms with Gasteiger partial charge >= 0.3 is 0 Å². The van der Waals surface area contributed by atoms with Gasteiger partial charge in [0.05, 0.1) is 11.7 Å². The fourth-order valence-electron chi connectivity index (χ4n) is 2.29. The van der Waals surface area contributed by atoms with Crippen LogP contribution in [-0.4, -0.2) is 40.5 Å². The zero-order chi connectivity index (χ0) is 14.4. The van der Waals surface area contributed by atoms with Crippen LogP contribution in [0.1, 0.15) is 33.1 Å². The van der Waals surface area contributed by atoms with Crippen molar-refractivity contribution >= 4 is 22.7 Å². The molecule has 1 aromatic heterocycles. The Bertz CT molecular complexity index is 515. The third kappa shape index (κ3) is 4.25. The molecule has 1 aromatic carbocycles. The molecule has 1 aliphatic rings. The van der Waals surface area contributed by atoms with Crippen molar-refractivity contribution < 1.29 is 0 Å². The number of benzene rings is 1. The van der Waals surface area contributed by atoms with E-state index in [1.807, 2.05) is 18.0 Å². The van der Waals surface area contributed by atoms with Crippen LogP contribution in [0.25, 0.3) is 10.9 Å². The van der Waals surface area contributed by atoms with Gasteiger partial charge in [-0.2, -0.15) is 5.10 Å². The second-order valence-electron chi connectivity index (χ2n) is 5.45. The number of piperidine rings is 1. The number of H-pyrrole nitrogens is 1. The van der Waals surface area contributed by atoms with Crippen molar-refractivity contribution in [2.24, 2.45) is 0 Å². The van der Waals surface area contributed by atoms with E-state index < -0.39 is 0 Å². The van der Waals surface area contributed by atoms with Crippen LogP contribution in [0.15, 0.2) is 29.3 Å². The SMILES string of the molecule is CCC.CN1CCC(Sc2ccc3[nH]ncc3c2)CC1. The average molecular weight is 291 g/mol. The van der Waals surface area contributed by atoms with Gasteiger partial charge in [0.1, 0.15) is 0 Å². The van der Waals surface area contributed by atoms with Crippen LogP contribution in [0.5, 0.6) is 0 Å². The number of nitrogens with one attached hydrogen (secondary N) is 1. The molecule has 2 heterocycles. The summed E-state index contributed by atoms with van der Waals surface area (Å²) in [4.78, 5) is 3.78. The van der Waals surface area contributed by atoms with Crippen molar-refractivity contribution in [2.75, 3.05) is 20.1 Å². The summed E-state index contributed by atoms with van der Waals surface area (Å²) in [6, 6.07) is 6.56. The van der Waals surface area contributed by atoms with Crippen LogP contribution in [0.3, 0.4) is 0 Å². The third-order valence-corrected chi connectivity index (χ3v) is 4.71. The van der Waals surface area contributed by atoms with Crippen molar-refractivity contribution in [3.63, 3.8) is 0 Å². The van der Waals surface area contributed by atoms with Crippen LogP contribution >= 0.6 is 11.8 Å². The predicted octanol–water partition coefficient (Wildman–Crippen LogP) is 4.17. The molecule has 1 aliphatic heterocycles. The van der Waals surface area contributed by atoms with Crippen molar-refractivity contribution in [1.29, 1.82) is 0 Å². The first-order chi connectivity index (χ1) is 9.72. The molecule has 0 atom stereocenters. The number of likely N-dealkylation sites (tertiary alicyclic amines) is 1. The van der Waals surface area contributed by atoms with Crippen LogP contribution in [-0.2, 0) is 0 Å². The quantitative estimate of drug-likeness (QED) is 0.901. The number of aromatic amines is 1. The second-order valence-corrected chi connectivity index (χ2v) is 6.82. The van der Waals surface area contributed by atoms with Gasteiger partial charge < -0.3 is 4.90 Å². The zero-order valence-corrected chi connectivity index (χ0v) is 13.5. The van der Waals surface area contributed by atoms with Crippen LogP contribution in [0.2, 0.25) is 0 Å². The third-order valence-electron chi connectivity index (χ3n) is 3.38. The first-order valence-electron chi connectivity index (χ1n) is 7.51. The Morgan fingerprint density at radius 1 is 1.30 bits per heavy atom. The summed E-state index contributed by atoms with van der Waals surface area (Å²) >= 11 is 2.02. The average Bonchev–Trinajstić information content (AvgIpc) is 2.90. The van der Waals surface area contributed by atoms with E-state index >= 15 is 0 Å². The molecule has 3 rings (SSSR count). The molecule has 3 nitrogen and oxygen atoms in total. The van der Waals surface area contributed by atoms with Gasteiger partial charge in [0, 0.05) is 15.5 Å². The first kappa shape index (κ1) is 15.4. The molecular weight excluding hydrogens is 266 g/mol. The Kier molecular flexibility index (Phi) is 5.92. The molecule has 0 amide bonds. The van der Waals surface area contributed by atoms with E-state index in [2.05, 4.69) is 54.2 Å². The Hall–Kier alpha value is -1.00. The van der Waals surface area contributed by atoms with E-state index in [1.165, 1.54) is 42.6 Å². The van der Waals surface area contributed by atoms with Crippen LogP contribution in [0.4, 0.5) is 0 Å². The number of aromatic nitrogens is 2. The van der Waals surface area contributed by atoms with Crippen molar-refractivity contribution in [3.8, 4) is 0 Å². The molecule has 20 heavy (non-hydrogen) atoms. The molecule has 0 aliphatic carbocycles. The molecule has 0 saturated carbocycles. The Morgan fingerprint density at radius 2 is 2.00 bits per heavy atom. The van der Waals surface area contributed by atoms with E-state index in [4.69, 9.17) is 0 Å². The highest BCUT2D eigenvalue weighted by molar-refractivity contribution is 8.00. The topological polar surface area (TPSA) is 31.9 Å². The lowest BCUT2D eigenvalue weighted by atomic mass is 10.1. The maximum Gasteiger partial charge on any atom is 0.0651 e. The molecule has 2 aromatic rings. The van der Waals surface area contributed by atoms with E-state index in [1.54, 1.807) is 0 Å². The zero-order valence-electron chi connectivity index (χ0n) is 12.7. The Balaban J connectivity index is 0.000000452. The van der Waals surface area contributed by atoms with Gasteiger partial charge in [-0.05, 0) is 51.2 Å². The second kappa shape index (κ2) is 7.70. The number of hydrogen-bond donors (Lipinski definition) is 1. The fourth-order valence-corrected chi connectivity index (χ4v) is 3.46. The highest BCUT2D eigenvalue weighted by Crippen LogP contribution is 2.31. The van der Waals surface area contributed by atoms with Crippen LogP contribution < -0.4 is 0 Å². The van der Waals surface area contributed by atoms with Gasteiger partial charge in [-0.3, -0.25) is 5.10 Å². The summed E-state index contributed by atoms with van der Waals surface area (Å²) in [7, 11) is 2.21. The summed E-state index contributed by atoms with van der Waals surface area (Å²) in [6.07, 6.45) is 5.74. The maximum absolute atomic E-state index is 4.06. The van der Waals surface area contributed by atoms with Crippen molar-refractivity contribution in [3.05, 3.63) is 24.4 Å². The van der Waals surface area contributed by atoms with E-state index in [0.717, 1.165) is 10.8 Å². The summed E-state index contributed by atoms with van der Waals surface area (Å²) in [5.41, 5.74) is 1.12. The molecule has 1 fully saturated rings. The summed E-state index contributed by atoms with van der Waals surface area (Å²) in [6.45, 7) is 6.71. The number of rotatable bonds is 2. The van der Waals surface area contributed by atoms with Gasteiger partial charge in [-0.25, -0.2) is 0 Å². The minimum absolute atomic E-state index is 0.774. The minimum Gasteiger partial charge on any atom is -0.306 e. The smallest absolute Gasteiger partial charge is 0.0651 e. The van der Waals surface area contributed by atoms with Crippen molar-refractivity contribution in [2.45, 2.75) is 43.3 Å². The lowest BCUT2D eigenvalue weighted by Crippen LogP contribution is -2.31. The highest BCUT2D eigenvalue weighted by atomic mass is 32.2. The van der Waals surface area contributed by atoms with Crippen molar-refractivity contribution in [1.82, 2.24) is 15.1 Å². The molecule has 0 unspecified atom stereocenters. The lowest BCUT2D eigenvalue weighted by Gasteiger charge is -2.28. The lowest BCUT2D eigenvalue weighted by molar-refractivity contribution is 0.282. The van der Waals surface area contributed by atoms with Gasteiger partial charge in [0.2, 0.25) is 0 Å². The summed E-state index contributed by atoms with van der Waals surface area (Å²) in [5.74, 6) is 0. The first-order valence-corrected chi connectivity index (χ1v) is 8.39. The number of hydrogen-bond acceptors (Lipinski definition) is 3. The molecule has 0 bridgehead atoms. The number of nitrogens with zero attached hydrogens (tertiary/aromatic N) is 2. The molecular formula is C16H25N3S. The monoisotopic (exact) mass is 291 g/mol. The van der Waals surface area contributed by atoms with E-state index in [9.17, 15) is 0 Å². The van der Waals surface area contributed by atoms with Gasteiger partial charge in [0.15, 0.2) is 0 Å². The summed E-state index contributed by atoms with van der Waals surface area (Å²) < 4.78 is 0. The maximum atomic E-state index is 4.06. The Labute approximate surface area is 126 Å². The highest BCUT2D eigenvalue weighted by Gasteiger charge is 2.17. The Morgan fingerprint density at radius 3 is 2.70 bits per heavy atom. The normalized spacial score (nSPS) is 16.9. The molecule has 0 radical (unpaired) electrons. The molecule has 110 valence electrons. The standard InChI is InChI=1S/C13H17N3S.C3H8/c1-16-6-4-11(5-7-16)17-12-2-3-13-10(8-12)9-14-15-13;1-3-2/h2-3,8-9,11H,4-7H2,1H3,(H,14,15);3H2,1-2H3. The fraction of sp³-hybridized carbons (Fsp3) is 0.562. The van der Waals surface area contributed by atoms with Crippen LogP contribution in [0, 0.1) is 0 Å². The molecule has 0 spiro atoms. The predicted molar refractivity (Wildman–Crippen MR) is 88.4 cm³/mol. The number of fused-ring (bicyclic) bond motifs is 1. The molecule has 1 N–H and O–H groups in total. The van der Waals surface area contributed by atoms with E-state index in [0.29, 0.717) is 0 Å². The van der Waals surface area contributed by atoms with Gasteiger partial charge in [-0.1, -0.05) is 20.3 Å². The molecule has 1 saturated heterocycles.